The fraction of sp³-hybridized carbons (Fsp3) is 0.478. The van der Waals surface area contributed by atoms with Crippen molar-refractivity contribution < 1.29 is 17.9 Å². The number of anilines is 1. The lowest BCUT2D eigenvalue weighted by Crippen LogP contribution is -2.34. The third-order valence-electron chi connectivity index (χ3n) is 5.69. The summed E-state index contributed by atoms with van der Waals surface area (Å²) < 4.78 is 47.8. The average molecular weight is 478 g/mol. The second-order valence-corrected chi connectivity index (χ2v) is 9.49. The van der Waals surface area contributed by atoms with Crippen LogP contribution in [0.5, 0.6) is 5.75 Å². The number of benzene rings is 1. The molecule has 1 aliphatic rings. The normalized spacial score (nSPS) is 14.8. The molecule has 0 atom stereocenters. The highest BCUT2D eigenvalue weighted by molar-refractivity contribution is 7.14. The molecule has 1 aromatic carbocycles. The summed E-state index contributed by atoms with van der Waals surface area (Å²) >= 11 is 1.19. The molecule has 0 amide bonds. The van der Waals surface area contributed by atoms with Gasteiger partial charge in [0.1, 0.15) is 22.4 Å². The molecule has 0 N–H and O–H groups in total. The van der Waals surface area contributed by atoms with Crippen molar-refractivity contribution in [1.29, 1.82) is 0 Å². The van der Waals surface area contributed by atoms with E-state index in [0.29, 0.717) is 18.5 Å². The molecule has 1 fully saturated rings. The van der Waals surface area contributed by atoms with E-state index in [9.17, 15) is 13.2 Å². The van der Waals surface area contributed by atoms with Gasteiger partial charge in [-0.15, -0.1) is 10.2 Å². The van der Waals surface area contributed by atoms with Crippen molar-refractivity contribution in [2.75, 3.05) is 24.6 Å². The average Bonchev–Trinajstić information content (AvgIpc) is 3.27. The van der Waals surface area contributed by atoms with Gasteiger partial charge in [0.05, 0.1) is 24.6 Å². The summed E-state index contributed by atoms with van der Waals surface area (Å²) in [6.07, 6.45) is 6.08. The molecule has 0 saturated carbocycles. The standard InChI is InChI=1S/C23H26F3N5OS/c1-14(2)21-29-30-22(33-21)20-18(25)10-17(11-19(20)26)32-9-3-4-15-5-7-31(8-6-15)23-27-12-16(24)13-28-23/h10-15H,3-9H2,1-2H3. The Morgan fingerprint density at radius 2 is 1.73 bits per heavy atom. The van der Waals surface area contributed by atoms with Crippen LogP contribution in [0.15, 0.2) is 24.5 Å². The molecule has 3 heterocycles. The Labute approximate surface area is 194 Å². The van der Waals surface area contributed by atoms with Gasteiger partial charge in [-0.3, -0.25) is 0 Å². The summed E-state index contributed by atoms with van der Waals surface area (Å²) in [6, 6.07) is 2.41. The molecule has 0 bridgehead atoms. The van der Waals surface area contributed by atoms with Crippen LogP contribution in [0.2, 0.25) is 0 Å². The van der Waals surface area contributed by atoms with Crippen LogP contribution in [0.4, 0.5) is 19.1 Å². The van der Waals surface area contributed by atoms with Crippen molar-refractivity contribution >= 4 is 17.3 Å². The molecular formula is C23H26F3N5OS. The highest BCUT2D eigenvalue weighted by Gasteiger charge is 2.21. The van der Waals surface area contributed by atoms with Gasteiger partial charge in [-0.25, -0.2) is 23.1 Å². The summed E-state index contributed by atoms with van der Waals surface area (Å²) in [6.45, 7) is 5.93. The maximum Gasteiger partial charge on any atom is 0.225 e. The van der Waals surface area contributed by atoms with Gasteiger partial charge in [0.25, 0.3) is 0 Å². The predicted molar refractivity (Wildman–Crippen MR) is 121 cm³/mol. The maximum atomic E-state index is 14.6. The van der Waals surface area contributed by atoms with Crippen molar-refractivity contribution in [2.45, 2.75) is 45.4 Å². The lowest BCUT2D eigenvalue weighted by atomic mass is 9.92. The fourth-order valence-electron chi connectivity index (χ4n) is 3.86. The second kappa shape index (κ2) is 10.5. The summed E-state index contributed by atoms with van der Waals surface area (Å²) in [7, 11) is 0. The number of halogens is 3. The van der Waals surface area contributed by atoms with Gasteiger partial charge in [-0.05, 0) is 31.6 Å². The number of aromatic nitrogens is 4. The predicted octanol–water partition coefficient (Wildman–Crippen LogP) is 5.61. The Bertz CT molecular complexity index is 1050. The number of hydrogen-bond acceptors (Lipinski definition) is 7. The Kier molecular flexibility index (Phi) is 7.42. The lowest BCUT2D eigenvalue weighted by Gasteiger charge is -2.31. The van der Waals surface area contributed by atoms with Crippen molar-refractivity contribution in [1.82, 2.24) is 20.2 Å². The zero-order valence-electron chi connectivity index (χ0n) is 18.6. The maximum absolute atomic E-state index is 14.6. The molecule has 4 rings (SSSR count). The van der Waals surface area contributed by atoms with E-state index in [1.165, 1.54) is 35.9 Å². The molecule has 1 aliphatic heterocycles. The van der Waals surface area contributed by atoms with Gasteiger partial charge >= 0.3 is 0 Å². The van der Waals surface area contributed by atoms with Gasteiger partial charge in [0, 0.05) is 31.1 Å². The Morgan fingerprint density at radius 3 is 2.33 bits per heavy atom. The van der Waals surface area contributed by atoms with E-state index in [2.05, 4.69) is 25.1 Å². The Morgan fingerprint density at radius 1 is 1.06 bits per heavy atom. The summed E-state index contributed by atoms with van der Waals surface area (Å²) in [5, 5.41) is 8.91. The minimum atomic E-state index is -0.702. The third-order valence-corrected chi connectivity index (χ3v) is 6.93. The van der Waals surface area contributed by atoms with Crippen LogP contribution in [0.25, 0.3) is 10.6 Å². The first-order chi connectivity index (χ1) is 15.9. The Hall–Kier alpha value is -2.75. The molecule has 6 nitrogen and oxygen atoms in total. The largest absolute Gasteiger partial charge is 0.493 e. The topological polar surface area (TPSA) is 64.0 Å². The monoisotopic (exact) mass is 477 g/mol. The number of ether oxygens (including phenoxy) is 1. The smallest absolute Gasteiger partial charge is 0.225 e. The minimum absolute atomic E-state index is 0.147. The fourth-order valence-corrected chi connectivity index (χ4v) is 4.75. The lowest BCUT2D eigenvalue weighted by molar-refractivity contribution is 0.277. The highest BCUT2D eigenvalue weighted by Crippen LogP contribution is 2.33. The van der Waals surface area contributed by atoms with Crippen LogP contribution < -0.4 is 9.64 Å². The van der Waals surface area contributed by atoms with Crippen molar-refractivity contribution in [3.8, 4) is 16.3 Å². The van der Waals surface area contributed by atoms with Gasteiger partial charge < -0.3 is 9.64 Å². The van der Waals surface area contributed by atoms with Crippen LogP contribution in [-0.2, 0) is 0 Å². The molecule has 0 radical (unpaired) electrons. The third kappa shape index (κ3) is 5.79. The van der Waals surface area contributed by atoms with Crippen molar-refractivity contribution in [3.63, 3.8) is 0 Å². The Balaban J connectivity index is 1.24. The summed E-state index contributed by atoms with van der Waals surface area (Å²) in [5.41, 5.74) is -0.163. The van der Waals surface area contributed by atoms with Crippen LogP contribution in [0.1, 0.15) is 50.5 Å². The molecule has 0 aliphatic carbocycles. The summed E-state index contributed by atoms with van der Waals surface area (Å²) in [5.74, 6) is -0.436. The van der Waals surface area contributed by atoms with E-state index in [4.69, 9.17) is 4.74 Å². The first-order valence-electron chi connectivity index (χ1n) is 11.1. The van der Waals surface area contributed by atoms with Crippen molar-refractivity contribution in [3.05, 3.63) is 47.0 Å². The SMILES string of the molecule is CC(C)c1nnc(-c2c(F)cc(OCCCC3CCN(c4ncc(F)cn4)CC3)cc2F)s1. The van der Waals surface area contributed by atoms with E-state index in [1.807, 2.05) is 13.8 Å². The van der Waals surface area contributed by atoms with Gasteiger partial charge in [-0.1, -0.05) is 25.2 Å². The molecule has 1 saturated heterocycles. The van der Waals surface area contributed by atoms with Crippen LogP contribution in [-0.4, -0.2) is 39.9 Å². The number of rotatable bonds is 8. The molecule has 176 valence electrons. The van der Waals surface area contributed by atoms with E-state index >= 15 is 0 Å². The van der Waals surface area contributed by atoms with Crippen LogP contribution in [0.3, 0.4) is 0 Å². The molecule has 2 aromatic heterocycles. The quantitative estimate of drug-likeness (QED) is 0.393. The first-order valence-corrected chi connectivity index (χ1v) is 11.9. The van der Waals surface area contributed by atoms with E-state index < -0.39 is 17.5 Å². The summed E-state index contributed by atoms with van der Waals surface area (Å²) in [4.78, 5) is 10.1. The van der Waals surface area contributed by atoms with Crippen LogP contribution >= 0.6 is 11.3 Å². The zero-order chi connectivity index (χ0) is 23.4. The van der Waals surface area contributed by atoms with Gasteiger partial charge in [-0.2, -0.15) is 0 Å². The second-order valence-electron chi connectivity index (χ2n) is 8.48. The minimum Gasteiger partial charge on any atom is -0.493 e. The van der Waals surface area contributed by atoms with E-state index in [1.54, 1.807) is 0 Å². The van der Waals surface area contributed by atoms with Crippen molar-refractivity contribution in [2.24, 2.45) is 5.92 Å². The molecule has 0 spiro atoms. The molecule has 3 aromatic rings. The molecule has 10 heteroatoms. The highest BCUT2D eigenvalue weighted by atomic mass is 32.1. The number of piperidine rings is 1. The van der Waals surface area contributed by atoms with Gasteiger partial charge in [0.15, 0.2) is 10.8 Å². The van der Waals surface area contributed by atoms with Gasteiger partial charge in [0.2, 0.25) is 5.95 Å². The van der Waals surface area contributed by atoms with Crippen LogP contribution in [0, 0.1) is 23.4 Å². The van der Waals surface area contributed by atoms with E-state index in [-0.39, 0.29) is 22.2 Å². The first kappa shape index (κ1) is 23.4. The molecular weight excluding hydrogens is 451 g/mol. The van der Waals surface area contributed by atoms with E-state index in [0.717, 1.165) is 43.8 Å². The molecule has 33 heavy (non-hydrogen) atoms. The number of nitrogens with zero attached hydrogens (tertiary/aromatic N) is 5. The zero-order valence-corrected chi connectivity index (χ0v) is 19.4. The molecule has 0 unspecified atom stereocenters. The number of hydrogen-bond donors (Lipinski definition) is 0.